The van der Waals surface area contributed by atoms with Crippen LogP contribution >= 0.6 is 34.2 Å². The molecule has 0 atom stereocenters. The molecule has 0 saturated heterocycles. The largest absolute Gasteiger partial charge is 0.508 e. The minimum Gasteiger partial charge on any atom is -0.508 e. The molecule has 17 heavy (non-hydrogen) atoms. The van der Waals surface area contributed by atoms with Crippen LogP contribution in [0.4, 0.5) is 5.69 Å². The van der Waals surface area contributed by atoms with Crippen molar-refractivity contribution in [2.75, 3.05) is 5.32 Å². The normalized spacial score (nSPS) is 10.2. The Morgan fingerprint density at radius 1 is 1.18 bits per heavy atom. The van der Waals surface area contributed by atoms with Crippen LogP contribution < -0.4 is 5.32 Å². The van der Waals surface area contributed by atoms with E-state index in [1.807, 2.05) is 24.3 Å². The lowest BCUT2D eigenvalue weighted by Gasteiger charge is -2.08. The van der Waals surface area contributed by atoms with E-state index >= 15 is 0 Å². The second-order valence-electron chi connectivity index (χ2n) is 3.64. The van der Waals surface area contributed by atoms with Crippen molar-refractivity contribution < 1.29 is 5.11 Å². The van der Waals surface area contributed by atoms with Gasteiger partial charge in [0, 0.05) is 26.4 Å². The fourth-order valence-corrected chi connectivity index (χ4v) is 2.23. The van der Waals surface area contributed by atoms with Crippen LogP contribution in [0.15, 0.2) is 42.5 Å². The van der Waals surface area contributed by atoms with Gasteiger partial charge in [-0.25, -0.2) is 0 Å². The number of hydrogen-bond donors (Lipinski definition) is 2. The third-order valence-electron chi connectivity index (χ3n) is 2.35. The molecule has 0 radical (unpaired) electrons. The summed E-state index contributed by atoms with van der Waals surface area (Å²) < 4.78 is 1.17. The zero-order chi connectivity index (χ0) is 12.3. The highest BCUT2D eigenvalue weighted by atomic mass is 127. The van der Waals surface area contributed by atoms with E-state index in [1.165, 1.54) is 3.57 Å². The molecule has 2 aromatic rings. The Balaban J connectivity index is 2.09. The molecule has 0 spiro atoms. The number of aromatic hydroxyl groups is 1. The van der Waals surface area contributed by atoms with Gasteiger partial charge in [-0.1, -0.05) is 17.7 Å². The van der Waals surface area contributed by atoms with Crippen LogP contribution in [0.25, 0.3) is 0 Å². The predicted octanol–water partition coefficient (Wildman–Crippen LogP) is 4.26. The van der Waals surface area contributed by atoms with E-state index < -0.39 is 0 Å². The van der Waals surface area contributed by atoms with Gasteiger partial charge < -0.3 is 10.4 Å². The first-order valence-electron chi connectivity index (χ1n) is 5.12. The maximum absolute atomic E-state index is 9.67. The summed E-state index contributed by atoms with van der Waals surface area (Å²) in [6.45, 7) is 0.548. The van der Waals surface area contributed by atoms with Crippen LogP contribution in [0.1, 0.15) is 5.56 Å². The highest BCUT2D eigenvalue weighted by Crippen LogP contribution is 2.22. The molecule has 4 heteroatoms. The molecule has 0 amide bonds. The van der Waals surface area contributed by atoms with Crippen molar-refractivity contribution in [2.45, 2.75) is 6.54 Å². The van der Waals surface area contributed by atoms with E-state index in [4.69, 9.17) is 11.6 Å². The minimum absolute atomic E-state index is 0.257. The Labute approximate surface area is 119 Å². The second-order valence-corrected chi connectivity index (χ2v) is 5.32. The van der Waals surface area contributed by atoms with E-state index in [1.54, 1.807) is 18.2 Å². The van der Waals surface area contributed by atoms with Crippen LogP contribution in [0.3, 0.4) is 0 Å². The summed E-state index contributed by atoms with van der Waals surface area (Å²) in [6.07, 6.45) is 0. The lowest BCUT2D eigenvalue weighted by Crippen LogP contribution is -1.99. The monoisotopic (exact) mass is 359 g/mol. The Bertz CT molecular complexity index is 531. The summed E-state index contributed by atoms with van der Waals surface area (Å²) in [4.78, 5) is 0. The summed E-state index contributed by atoms with van der Waals surface area (Å²) >= 11 is 8.15. The van der Waals surface area contributed by atoms with Crippen molar-refractivity contribution in [2.24, 2.45) is 0 Å². The van der Waals surface area contributed by atoms with Crippen LogP contribution in [0.2, 0.25) is 5.02 Å². The molecule has 0 bridgehead atoms. The van der Waals surface area contributed by atoms with Gasteiger partial charge in [-0.05, 0) is 59.0 Å². The van der Waals surface area contributed by atoms with Crippen molar-refractivity contribution in [1.29, 1.82) is 0 Å². The van der Waals surface area contributed by atoms with Crippen LogP contribution in [-0.2, 0) is 6.54 Å². The zero-order valence-electron chi connectivity index (χ0n) is 8.95. The first kappa shape index (κ1) is 12.5. The SMILES string of the molecule is Oc1ccc(Cl)cc1CNc1cccc(I)c1. The number of benzene rings is 2. The van der Waals surface area contributed by atoms with Crippen molar-refractivity contribution in [3.05, 3.63) is 56.6 Å². The molecule has 0 saturated carbocycles. The lowest BCUT2D eigenvalue weighted by molar-refractivity contribution is 0.469. The molecular formula is C13H11ClINO. The van der Waals surface area contributed by atoms with Crippen molar-refractivity contribution >= 4 is 39.9 Å². The number of halogens is 2. The zero-order valence-corrected chi connectivity index (χ0v) is 11.9. The van der Waals surface area contributed by atoms with E-state index in [0.29, 0.717) is 11.6 Å². The maximum Gasteiger partial charge on any atom is 0.120 e. The number of rotatable bonds is 3. The highest BCUT2D eigenvalue weighted by Gasteiger charge is 2.02. The van der Waals surface area contributed by atoms with Gasteiger partial charge in [0.2, 0.25) is 0 Å². The van der Waals surface area contributed by atoms with Gasteiger partial charge in [0.1, 0.15) is 5.75 Å². The standard InChI is InChI=1S/C13H11ClINO/c14-10-4-5-13(17)9(6-10)8-16-12-3-1-2-11(15)7-12/h1-7,16-17H,8H2. The van der Waals surface area contributed by atoms with Crippen LogP contribution in [-0.4, -0.2) is 5.11 Å². The van der Waals surface area contributed by atoms with Gasteiger partial charge >= 0.3 is 0 Å². The molecule has 2 nitrogen and oxygen atoms in total. The van der Waals surface area contributed by atoms with Crippen molar-refractivity contribution in [3.63, 3.8) is 0 Å². The van der Waals surface area contributed by atoms with E-state index in [2.05, 4.69) is 27.9 Å². The van der Waals surface area contributed by atoms with Gasteiger partial charge in [-0.3, -0.25) is 0 Å². The molecule has 0 unspecified atom stereocenters. The second kappa shape index (κ2) is 5.60. The Hall–Kier alpha value is -0.940. The van der Waals surface area contributed by atoms with Gasteiger partial charge in [0.05, 0.1) is 0 Å². The summed E-state index contributed by atoms with van der Waals surface area (Å²) in [5.74, 6) is 0.257. The van der Waals surface area contributed by atoms with Gasteiger partial charge in [0.25, 0.3) is 0 Å². The predicted molar refractivity (Wildman–Crippen MR) is 79.6 cm³/mol. The highest BCUT2D eigenvalue weighted by molar-refractivity contribution is 14.1. The smallest absolute Gasteiger partial charge is 0.120 e. The van der Waals surface area contributed by atoms with Gasteiger partial charge in [0.15, 0.2) is 0 Å². The molecule has 2 aromatic carbocycles. The van der Waals surface area contributed by atoms with Crippen LogP contribution in [0, 0.1) is 3.57 Å². The number of hydrogen-bond acceptors (Lipinski definition) is 2. The summed E-state index contributed by atoms with van der Waals surface area (Å²) in [5.41, 5.74) is 1.81. The van der Waals surface area contributed by atoms with Crippen molar-refractivity contribution in [1.82, 2.24) is 0 Å². The number of anilines is 1. The average molecular weight is 360 g/mol. The minimum atomic E-state index is 0.257. The molecule has 88 valence electrons. The number of phenolic OH excluding ortho intramolecular Hbond substituents is 1. The molecule has 0 aliphatic carbocycles. The van der Waals surface area contributed by atoms with Crippen LogP contribution in [0.5, 0.6) is 5.75 Å². The first-order chi connectivity index (χ1) is 8.15. The van der Waals surface area contributed by atoms with E-state index in [9.17, 15) is 5.11 Å². The fourth-order valence-electron chi connectivity index (χ4n) is 1.49. The average Bonchev–Trinajstić information content (AvgIpc) is 2.30. The molecular weight excluding hydrogens is 349 g/mol. The quantitative estimate of drug-likeness (QED) is 0.803. The Kier molecular flexibility index (Phi) is 4.12. The molecule has 0 heterocycles. The lowest BCUT2D eigenvalue weighted by atomic mass is 10.2. The summed E-state index contributed by atoms with van der Waals surface area (Å²) in [6, 6.07) is 13.1. The molecule has 2 N–H and O–H groups in total. The first-order valence-corrected chi connectivity index (χ1v) is 6.57. The molecule has 0 fully saturated rings. The molecule has 0 aromatic heterocycles. The molecule has 0 aliphatic rings. The number of phenols is 1. The summed E-state index contributed by atoms with van der Waals surface area (Å²) in [5, 5.41) is 13.5. The van der Waals surface area contributed by atoms with E-state index in [-0.39, 0.29) is 5.75 Å². The van der Waals surface area contributed by atoms with Gasteiger partial charge in [-0.2, -0.15) is 0 Å². The maximum atomic E-state index is 9.67. The van der Waals surface area contributed by atoms with Gasteiger partial charge in [-0.15, -0.1) is 0 Å². The summed E-state index contributed by atoms with van der Waals surface area (Å²) in [7, 11) is 0. The Morgan fingerprint density at radius 2 is 2.00 bits per heavy atom. The third-order valence-corrected chi connectivity index (χ3v) is 3.26. The Morgan fingerprint density at radius 3 is 2.76 bits per heavy atom. The third kappa shape index (κ3) is 3.51. The molecule has 0 aliphatic heterocycles. The number of nitrogens with one attached hydrogen (secondary N) is 1. The van der Waals surface area contributed by atoms with E-state index in [0.717, 1.165) is 11.3 Å². The molecule has 2 rings (SSSR count). The topological polar surface area (TPSA) is 32.3 Å². The fraction of sp³-hybridized carbons (Fsp3) is 0.0769. The van der Waals surface area contributed by atoms with Crippen molar-refractivity contribution in [3.8, 4) is 5.75 Å².